The van der Waals surface area contributed by atoms with Gasteiger partial charge in [0, 0.05) is 26.6 Å². The molecule has 1 aromatic rings. The summed E-state index contributed by atoms with van der Waals surface area (Å²) in [5, 5.41) is 9.02. The lowest BCUT2D eigenvalue weighted by Crippen LogP contribution is -2.27. The number of rotatable bonds is 1. The first-order valence-corrected chi connectivity index (χ1v) is 5.69. The van der Waals surface area contributed by atoms with Crippen molar-refractivity contribution >= 4 is 11.8 Å². The van der Waals surface area contributed by atoms with E-state index in [4.69, 9.17) is 5.11 Å². The van der Waals surface area contributed by atoms with Crippen molar-refractivity contribution in [2.75, 3.05) is 18.5 Å². The standard InChI is InChI=1S/C11H15N3O2/c1-13-4-2-3-8-10(13)14-6-7(11(15)16)5-9(14)12-8/h7H,2-6H2,1H3,(H,15,16). The largest absolute Gasteiger partial charge is 0.481 e. The molecule has 1 N–H and O–H groups in total. The normalized spacial score (nSPS) is 23.1. The van der Waals surface area contributed by atoms with Gasteiger partial charge in [-0.2, -0.15) is 0 Å². The second-order valence-electron chi connectivity index (χ2n) is 4.67. The van der Waals surface area contributed by atoms with Gasteiger partial charge in [-0.05, 0) is 12.8 Å². The maximum Gasteiger partial charge on any atom is 0.308 e. The summed E-state index contributed by atoms with van der Waals surface area (Å²) in [7, 11) is 2.06. The van der Waals surface area contributed by atoms with Crippen LogP contribution in [0.25, 0.3) is 0 Å². The Morgan fingerprint density at radius 1 is 1.56 bits per heavy atom. The van der Waals surface area contributed by atoms with Gasteiger partial charge in [-0.3, -0.25) is 4.79 Å². The smallest absolute Gasteiger partial charge is 0.308 e. The van der Waals surface area contributed by atoms with E-state index < -0.39 is 5.97 Å². The van der Waals surface area contributed by atoms with Gasteiger partial charge < -0.3 is 14.6 Å². The fourth-order valence-electron chi connectivity index (χ4n) is 2.75. The molecule has 86 valence electrons. The Morgan fingerprint density at radius 3 is 3.12 bits per heavy atom. The van der Waals surface area contributed by atoms with Crippen molar-refractivity contribution in [1.82, 2.24) is 9.55 Å². The van der Waals surface area contributed by atoms with Crippen LogP contribution in [0.5, 0.6) is 0 Å². The molecule has 0 aliphatic carbocycles. The minimum atomic E-state index is -0.710. The Morgan fingerprint density at radius 2 is 2.38 bits per heavy atom. The summed E-state index contributed by atoms with van der Waals surface area (Å²) < 4.78 is 2.09. The van der Waals surface area contributed by atoms with E-state index in [0.717, 1.165) is 36.7 Å². The molecular formula is C11H15N3O2. The van der Waals surface area contributed by atoms with Crippen LogP contribution in [0.4, 0.5) is 5.82 Å². The minimum Gasteiger partial charge on any atom is -0.481 e. The Kier molecular flexibility index (Phi) is 1.96. The van der Waals surface area contributed by atoms with Gasteiger partial charge in [0.25, 0.3) is 0 Å². The highest BCUT2D eigenvalue weighted by molar-refractivity contribution is 5.71. The molecule has 5 nitrogen and oxygen atoms in total. The summed E-state index contributed by atoms with van der Waals surface area (Å²) in [4.78, 5) is 17.7. The summed E-state index contributed by atoms with van der Waals surface area (Å²) in [6.45, 7) is 1.62. The first-order valence-electron chi connectivity index (χ1n) is 5.69. The van der Waals surface area contributed by atoms with Gasteiger partial charge in [0.2, 0.25) is 0 Å². The number of nitrogens with zero attached hydrogens (tertiary/aromatic N) is 3. The van der Waals surface area contributed by atoms with Gasteiger partial charge in [0.1, 0.15) is 11.6 Å². The minimum absolute atomic E-state index is 0.289. The average molecular weight is 221 g/mol. The quantitative estimate of drug-likeness (QED) is 0.751. The zero-order valence-corrected chi connectivity index (χ0v) is 9.31. The highest BCUT2D eigenvalue weighted by atomic mass is 16.4. The Labute approximate surface area is 93.7 Å². The third-order valence-corrected chi connectivity index (χ3v) is 3.54. The van der Waals surface area contributed by atoms with Crippen molar-refractivity contribution in [3.63, 3.8) is 0 Å². The van der Waals surface area contributed by atoms with Gasteiger partial charge in [-0.25, -0.2) is 4.98 Å². The number of fused-ring (bicyclic) bond motifs is 3. The van der Waals surface area contributed by atoms with Crippen LogP contribution in [0.3, 0.4) is 0 Å². The Balaban J connectivity index is 1.99. The Hall–Kier alpha value is -1.52. The van der Waals surface area contributed by atoms with Crippen LogP contribution in [0.2, 0.25) is 0 Å². The summed E-state index contributed by atoms with van der Waals surface area (Å²) in [5.41, 5.74) is 1.15. The van der Waals surface area contributed by atoms with Crippen LogP contribution >= 0.6 is 0 Å². The molecule has 0 amide bonds. The molecule has 3 rings (SSSR count). The average Bonchev–Trinajstić information content (AvgIpc) is 2.73. The number of hydrogen-bond acceptors (Lipinski definition) is 3. The molecule has 5 heteroatoms. The maximum atomic E-state index is 11.0. The molecule has 1 aromatic heterocycles. The van der Waals surface area contributed by atoms with E-state index in [9.17, 15) is 4.79 Å². The number of aliphatic carboxylic acids is 1. The summed E-state index contributed by atoms with van der Waals surface area (Å²) in [5.74, 6) is 1.09. The zero-order chi connectivity index (χ0) is 11.3. The molecule has 0 radical (unpaired) electrons. The van der Waals surface area contributed by atoms with Crippen molar-refractivity contribution in [3.05, 3.63) is 11.5 Å². The van der Waals surface area contributed by atoms with E-state index in [1.165, 1.54) is 0 Å². The molecule has 16 heavy (non-hydrogen) atoms. The molecule has 0 spiro atoms. The third-order valence-electron chi connectivity index (χ3n) is 3.54. The highest BCUT2D eigenvalue weighted by Gasteiger charge is 2.33. The van der Waals surface area contributed by atoms with E-state index >= 15 is 0 Å². The number of carbonyl (C=O) groups is 1. The number of aromatic nitrogens is 2. The molecule has 2 aliphatic heterocycles. The van der Waals surface area contributed by atoms with Crippen molar-refractivity contribution < 1.29 is 9.90 Å². The summed E-state index contributed by atoms with van der Waals surface area (Å²) in [6.07, 6.45) is 2.75. The van der Waals surface area contributed by atoms with E-state index in [1.54, 1.807) is 0 Å². The third kappa shape index (κ3) is 1.24. The van der Waals surface area contributed by atoms with Crippen LogP contribution in [0, 0.1) is 5.92 Å². The molecule has 0 saturated heterocycles. The van der Waals surface area contributed by atoms with Crippen molar-refractivity contribution in [2.45, 2.75) is 25.8 Å². The first-order chi connectivity index (χ1) is 7.66. The SMILES string of the molecule is CN1CCCc2nc3n(c21)CC(C(=O)O)C3. The lowest BCUT2D eigenvalue weighted by atomic mass is 10.1. The number of aryl methyl sites for hydroxylation is 1. The van der Waals surface area contributed by atoms with Crippen LogP contribution in [0.1, 0.15) is 17.9 Å². The van der Waals surface area contributed by atoms with E-state index in [-0.39, 0.29) is 5.92 Å². The van der Waals surface area contributed by atoms with Crippen molar-refractivity contribution in [2.24, 2.45) is 5.92 Å². The molecule has 1 unspecified atom stereocenters. The van der Waals surface area contributed by atoms with Crippen LogP contribution in [-0.4, -0.2) is 34.2 Å². The van der Waals surface area contributed by atoms with E-state index in [2.05, 4.69) is 21.5 Å². The van der Waals surface area contributed by atoms with Gasteiger partial charge in [0.15, 0.2) is 0 Å². The second-order valence-corrected chi connectivity index (χ2v) is 4.67. The highest BCUT2D eigenvalue weighted by Crippen LogP contribution is 2.32. The van der Waals surface area contributed by atoms with Gasteiger partial charge in [-0.1, -0.05) is 0 Å². The topological polar surface area (TPSA) is 58.4 Å². The molecule has 3 heterocycles. The molecule has 0 saturated carbocycles. The fourth-order valence-corrected chi connectivity index (χ4v) is 2.75. The maximum absolute atomic E-state index is 11.0. The summed E-state index contributed by atoms with van der Waals surface area (Å²) in [6, 6.07) is 0. The monoisotopic (exact) mass is 221 g/mol. The molecule has 2 aliphatic rings. The van der Waals surface area contributed by atoms with Crippen LogP contribution in [-0.2, 0) is 24.2 Å². The number of carboxylic acids is 1. The van der Waals surface area contributed by atoms with Crippen LogP contribution in [0.15, 0.2) is 0 Å². The predicted octanol–water partition coefficient (Wildman–Crippen LogP) is 0.522. The molecular weight excluding hydrogens is 206 g/mol. The van der Waals surface area contributed by atoms with Gasteiger partial charge >= 0.3 is 5.97 Å². The van der Waals surface area contributed by atoms with E-state index in [0.29, 0.717) is 13.0 Å². The second kappa shape index (κ2) is 3.23. The molecule has 0 aromatic carbocycles. The molecule has 1 atom stereocenters. The number of anilines is 1. The Bertz CT molecular complexity index is 452. The van der Waals surface area contributed by atoms with Crippen LogP contribution < -0.4 is 4.90 Å². The van der Waals surface area contributed by atoms with Gasteiger partial charge in [0.05, 0.1) is 11.6 Å². The lowest BCUT2D eigenvalue weighted by Gasteiger charge is -2.25. The first kappa shape index (κ1) is 9.69. The predicted molar refractivity (Wildman–Crippen MR) is 58.6 cm³/mol. The number of carboxylic acid groups (broad SMARTS) is 1. The zero-order valence-electron chi connectivity index (χ0n) is 9.31. The number of imidazole rings is 1. The molecule has 0 fully saturated rings. The van der Waals surface area contributed by atoms with Gasteiger partial charge in [-0.15, -0.1) is 0 Å². The lowest BCUT2D eigenvalue weighted by molar-refractivity contribution is -0.141. The summed E-state index contributed by atoms with van der Waals surface area (Å²) >= 11 is 0. The fraction of sp³-hybridized carbons (Fsp3) is 0.636. The van der Waals surface area contributed by atoms with E-state index in [1.807, 2.05) is 0 Å². The number of hydrogen-bond donors (Lipinski definition) is 1. The molecule has 0 bridgehead atoms. The van der Waals surface area contributed by atoms with Crippen molar-refractivity contribution in [1.29, 1.82) is 0 Å². The van der Waals surface area contributed by atoms with Crippen molar-refractivity contribution in [3.8, 4) is 0 Å².